The number of ether oxygens (including phenoxy) is 12. The van der Waals surface area contributed by atoms with Crippen molar-refractivity contribution in [2.45, 2.75) is 76.3 Å². The van der Waals surface area contributed by atoms with E-state index in [1.165, 1.54) is 22.3 Å². The molecule has 424 valence electrons. The summed E-state index contributed by atoms with van der Waals surface area (Å²) in [6.07, 6.45) is 13.6. The number of carbonyl (C=O) groups is 2. The van der Waals surface area contributed by atoms with Crippen LogP contribution >= 0.6 is 0 Å². The minimum atomic E-state index is -0.261. The van der Waals surface area contributed by atoms with E-state index in [2.05, 4.69) is 37.4 Å². The number of benzene rings is 4. The second-order valence-electron chi connectivity index (χ2n) is 19.8. The van der Waals surface area contributed by atoms with Crippen molar-refractivity contribution in [1.82, 2.24) is 0 Å². The molecule has 4 aromatic rings. The van der Waals surface area contributed by atoms with Crippen LogP contribution < -0.4 is 47.4 Å². The molecule has 0 bridgehead atoms. The Kier molecular flexibility index (Phi) is 22.4. The number of esters is 2. The predicted octanol–water partition coefficient (Wildman–Crippen LogP) is 10.1. The van der Waals surface area contributed by atoms with Gasteiger partial charge in [-0.05, 0) is 95.8 Å². The molecule has 78 heavy (non-hydrogen) atoms. The van der Waals surface area contributed by atoms with Crippen LogP contribution in [0.3, 0.4) is 0 Å². The van der Waals surface area contributed by atoms with Crippen molar-refractivity contribution < 1.29 is 75.4 Å². The first-order chi connectivity index (χ1) is 37.9. The Balaban J connectivity index is 1.01. The first-order valence-electron chi connectivity index (χ1n) is 26.8. The summed E-state index contributed by atoms with van der Waals surface area (Å²) in [5.41, 5.74) is 6.81. The van der Waals surface area contributed by atoms with Crippen molar-refractivity contribution in [3.63, 3.8) is 0 Å². The monoisotopic (exact) mass is 1080 g/mol. The van der Waals surface area contributed by atoms with Crippen molar-refractivity contribution in [2.24, 2.45) is 0 Å². The highest BCUT2D eigenvalue weighted by molar-refractivity contribution is 5.70. The minimum absolute atomic E-state index is 0.00143. The molecule has 0 amide bonds. The fraction of sp³-hybridized carbons (Fsp3) is 0.484. The van der Waals surface area contributed by atoms with Gasteiger partial charge in [0.25, 0.3) is 0 Å². The van der Waals surface area contributed by atoms with E-state index in [-0.39, 0.29) is 36.9 Å². The van der Waals surface area contributed by atoms with Gasteiger partial charge in [0.2, 0.25) is 11.5 Å². The number of nitrogens with zero attached hydrogens (tertiary/aromatic N) is 2. The van der Waals surface area contributed by atoms with Crippen molar-refractivity contribution in [3.05, 3.63) is 119 Å². The molecule has 0 N–H and O–H groups in total. The third-order valence-corrected chi connectivity index (χ3v) is 15.5. The van der Waals surface area contributed by atoms with Gasteiger partial charge >= 0.3 is 11.9 Å². The zero-order valence-electron chi connectivity index (χ0n) is 47.8. The maximum Gasteiger partial charge on any atom is 0.306 e. The summed E-state index contributed by atoms with van der Waals surface area (Å²) in [4.78, 5) is 26.0. The molecule has 16 heteroatoms. The molecular formula is C62H84N2O14+2. The van der Waals surface area contributed by atoms with Crippen LogP contribution in [0, 0.1) is 0 Å². The molecule has 0 saturated carbocycles. The molecule has 2 aliphatic rings. The second kappa shape index (κ2) is 29.1. The fourth-order valence-electron chi connectivity index (χ4n) is 11.7. The summed E-state index contributed by atoms with van der Waals surface area (Å²) >= 11 is 0. The summed E-state index contributed by atoms with van der Waals surface area (Å²) in [7, 11) is 16.3. The Bertz CT molecular complexity index is 2470. The van der Waals surface area contributed by atoms with Crippen molar-refractivity contribution >= 4 is 11.9 Å². The lowest BCUT2D eigenvalue weighted by Gasteiger charge is -2.48. The van der Waals surface area contributed by atoms with Gasteiger partial charge in [-0.25, -0.2) is 0 Å². The van der Waals surface area contributed by atoms with Crippen LogP contribution in [0.2, 0.25) is 0 Å². The first-order valence-corrected chi connectivity index (χ1v) is 26.8. The zero-order chi connectivity index (χ0) is 56.2. The highest BCUT2D eigenvalue weighted by atomic mass is 16.6. The maximum atomic E-state index is 13.0. The molecular weight excluding hydrogens is 997 g/mol. The lowest BCUT2D eigenvalue weighted by molar-refractivity contribution is -0.954. The summed E-state index contributed by atoms with van der Waals surface area (Å²) in [5.74, 6) is 5.65. The molecule has 0 fully saturated rings. The Labute approximate surface area is 462 Å². The molecule has 0 radical (unpaired) electrons. The Morgan fingerprint density at radius 2 is 0.808 bits per heavy atom. The first kappa shape index (κ1) is 60.2. The van der Waals surface area contributed by atoms with Crippen molar-refractivity contribution in [1.29, 1.82) is 0 Å². The predicted molar refractivity (Wildman–Crippen MR) is 300 cm³/mol. The molecule has 2 aliphatic heterocycles. The van der Waals surface area contributed by atoms with Gasteiger partial charge < -0.3 is 65.8 Å². The lowest BCUT2D eigenvalue weighted by atomic mass is 9.85. The normalized spacial score (nSPS) is 18.4. The average molecular weight is 1080 g/mol. The van der Waals surface area contributed by atoms with Gasteiger partial charge in [-0.3, -0.25) is 9.59 Å². The topological polar surface area (TPSA) is 145 Å². The number of hydrogen-bond donors (Lipinski definition) is 0. The average Bonchev–Trinajstić information content (AvgIpc) is 3.53. The van der Waals surface area contributed by atoms with Gasteiger partial charge in [-0.1, -0.05) is 25.3 Å². The molecule has 0 aromatic heterocycles. The third-order valence-electron chi connectivity index (χ3n) is 15.5. The SMILES string of the molecule is C=CC[N+]1(CCCOC(=O)CC/C=C/CCC(=O)OCCC[N+]2(CC=C)CCc3cc(OC)c(OC)cc3[C@H]2Cc2cc(OC)c(OC)c(OC)c2)CCc2cc(OC)c(OC)cc2[C@H]1Cc1cc(OC)c(OC)c(OC)c1. The standard InChI is InChI=1S/C62H84N2O14/c1-13-25-63(29-23-45-39-51(67-3)53(69-5)41-47(45)49(63)33-43-35-55(71-7)61(75-11)56(36-43)72-8)27-19-31-77-59(65)21-17-15-16-18-22-60(66)78-32-20-28-64(26-14-2)30-24-46-40-52(68-4)54(70-6)42-48(46)50(64)34-44-37-57(73-9)62(76-12)58(38-44)74-10/h13-16,35-42,49-50H,1-2,17-34H2,3-12H3/q+2/b16-15+/t49-,50-,63?,64?/m1/s1. The van der Waals surface area contributed by atoms with E-state index in [4.69, 9.17) is 56.8 Å². The Hall–Kier alpha value is -7.04. The highest BCUT2D eigenvalue weighted by Crippen LogP contribution is 2.48. The van der Waals surface area contributed by atoms with Gasteiger partial charge in [0.15, 0.2) is 46.0 Å². The number of rotatable bonds is 32. The Morgan fingerprint density at radius 3 is 1.12 bits per heavy atom. The van der Waals surface area contributed by atoms with Gasteiger partial charge in [0, 0.05) is 62.5 Å². The van der Waals surface area contributed by atoms with Gasteiger partial charge in [0.1, 0.15) is 12.1 Å². The molecule has 4 atom stereocenters. The van der Waals surface area contributed by atoms with Crippen LogP contribution in [0.1, 0.15) is 84.0 Å². The molecule has 0 saturated heterocycles. The molecule has 0 aliphatic carbocycles. The van der Waals surface area contributed by atoms with E-state index >= 15 is 0 Å². The Morgan fingerprint density at radius 1 is 0.474 bits per heavy atom. The minimum Gasteiger partial charge on any atom is -0.493 e. The van der Waals surface area contributed by atoms with Crippen LogP contribution in [0.15, 0.2) is 86.0 Å². The van der Waals surface area contributed by atoms with E-state index in [1.807, 2.05) is 48.6 Å². The van der Waals surface area contributed by atoms with Crippen LogP contribution in [-0.4, -0.2) is 144 Å². The molecule has 2 heterocycles. The van der Waals surface area contributed by atoms with Gasteiger partial charge in [-0.2, -0.15) is 0 Å². The molecule has 4 aromatic carbocycles. The van der Waals surface area contributed by atoms with E-state index in [1.54, 1.807) is 71.1 Å². The number of methoxy groups -OCH3 is 10. The number of quaternary nitrogens is 2. The van der Waals surface area contributed by atoms with Crippen LogP contribution in [0.25, 0.3) is 0 Å². The van der Waals surface area contributed by atoms with E-state index in [0.717, 1.165) is 50.1 Å². The van der Waals surface area contributed by atoms with E-state index in [9.17, 15) is 9.59 Å². The summed E-state index contributed by atoms with van der Waals surface area (Å²) < 4.78 is 70.3. The maximum absolute atomic E-state index is 13.0. The third kappa shape index (κ3) is 14.2. The summed E-state index contributed by atoms with van der Waals surface area (Å²) in [6.45, 7) is 13.6. The van der Waals surface area contributed by atoms with Crippen LogP contribution in [0.4, 0.5) is 0 Å². The largest absolute Gasteiger partial charge is 0.493 e. The molecule has 0 spiro atoms. The zero-order valence-corrected chi connectivity index (χ0v) is 47.8. The van der Waals surface area contributed by atoms with Crippen LogP contribution in [0.5, 0.6) is 57.5 Å². The lowest BCUT2D eigenvalue weighted by Crippen LogP contribution is -2.56. The highest BCUT2D eigenvalue weighted by Gasteiger charge is 2.44. The van der Waals surface area contributed by atoms with Crippen molar-refractivity contribution in [3.8, 4) is 57.5 Å². The summed E-state index contributed by atoms with van der Waals surface area (Å²) in [6, 6.07) is 16.4. The number of hydrogen-bond acceptors (Lipinski definition) is 14. The van der Waals surface area contributed by atoms with Crippen molar-refractivity contribution in [2.75, 3.05) is 124 Å². The van der Waals surface area contributed by atoms with E-state index in [0.29, 0.717) is 131 Å². The molecule has 2 unspecified atom stereocenters. The van der Waals surface area contributed by atoms with E-state index < -0.39 is 0 Å². The van der Waals surface area contributed by atoms with Crippen LogP contribution in [-0.2, 0) is 44.7 Å². The van der Waals surface area contributed by atoms with Gasteiger partial charge in [0.05, 0.1) is 124 Å². The second-order valence-corrected chi connectivity index (χ2v) is 19.8. The fourth-order valence-corrected chi connectivity index (χ4v) is 11.7. The number of allylic oxidation sites excluding steroid dienone is 2. The quantitative estimate of drug-likeness (QED) is 0.0198. The van der Waals surface area contributed by atoms with Gasteiger partial charge in [-0.15, -0.1) is 0 Å². The molecule has 16 nitrogen and oxygen atoms in total. The summed E-state index contributed by atoms with van der Waals surface area (Å²) in [5, 5.41) is 0. The number of carbonyl (C=O) groups excluding carboxylic acids is 2. The molecule has 6 rings (SSSR count). The number of fused-ring (bicyclic) bond motifs is 2. The smallest absolute Gasteiger partial charge is 0.306 e.